The summed E-state index contributed by atoms with van der Waals surface area (Å²) in [7, 11) is 0. The summed E-state index contributed by atoms with van der Waals surface area (Å²) < 4.78 is 13.5. The first kappa shape index (κ1) is 26.8. The second-order valence-electron chi connectivity index (χ2n) is 9.95. The topological polar surface area (TPSA) is 127 Å². The van der Waals surface area contributed by atoms with E-state index in [1.807, 2.05) is 24.3 Å². The minimum Gasteiger partial charge on any atom is -0.466 e. The normalized spacial score (nSPS) is 29.6. The predicted octanol–water partition coefficient (Wildman–Crippen LogP) is 1.49. The number of halogens is 1. The number of aliphatic hydroxyl groups excluding tert-OH is 1. The monoisotopic (exact) mass is 589 g/mol. The van der Waals surface area contributed by atoms with E-state index in [0.717, 1.165) is 5.52 Å². The van der Waals surface area contributed by atoms with Crippen LogP contribution in [0.1, 0.15) is 26.2 Å². The number of likely N-dealkylation sites (tertiary alicyclic amines) is 1. The Bertz CT molecular complexity index is 1240. The molecule has 3 fully saturated rings. The highest BCUT2D eigenvalue weighted by Crippen LogP contribution is 2.60. The third-order valence-corrected chi connectivity index (χ3v) is 8.62. The number of ether oxygens (including phenoxy) is 2. The van der Waals surface area contributed by atoms with Gasteiger partial charge in [-0.15, -0.1) is 11.7 Å². The van der Waals surface area contributed by atoms with Crippen molar-refractivity contribution in [2.75, 3.05) is 26.3 Å². The molecule has 2 amide bonds. The van der Waals surface area contributed by atoms with E-state index in [1.165, 1.54) is 0 Å². The number of unbranched alkanes of at least 4 members (excludes halogenated alkanes) is 1. The van der Waals surface area contributed by atoms with Gasteiger partial charge < -0.3 is 24.4 Å². The van der Waals surface area contributed by atoms with Gasteiger partial charge >= 0.3 is 5.97 Å². The van der Waals surface area contributed by atoms with Gasteiger partial charge in [0.15, 0.2) is 0 Å². The van der Waals surface area contributed by atoms with Crippen LogP contribution in [-0.2, 0) is 30.5 Å². The van der Waals surface area contributed by atoms with Gasteiger partial charge in [-0.05, 0) is 38.3 Å². The van der Waals surface area contributed by atoms with Gasteiger partial charge in [0.2, 0.25) is 11.8 Å². The van der Waals surface area contributed by atoms with Gasteiger partial charge in [-0.2, -0.15) is 0 Å². The molecule has 3 aliphatic heterocycles. The highest BCUT2D eigenvalue weighted by atomic mass is 79.9. The maximum atomic E-state index is 14.4. The lowest BCUT2D eigenvalue weighted by atomic mass is 9.70. The van der Waals surface area contributed by atoms with Crippen molar-refractivity contribution in [3.8, 4) is 0 Å². The molecule has 1 aromatic heterocycles. The molecule has 1 spiro atoms. The Morgan fingerprint density at radius 2 is 2.16 bits per heavy atom. The number of benzene rings is 1. The number of hydrogen-bond donors (Lipinski definition) is 1. The summed E-state index contributed by atoms with van der Waals surface area (Å²) in [5.41, 5.74) is 0.303. The fraction of sp³-hybridized carbons (Fsp3) is 0.577. The number of para-hydroxylation sites is 1. The maximum absolute atomic E-state index is 14.4. The van der Waals surface area contributed by atoms with Crippen LogP contribution in [-0.4, -0.2) is 96.6 Å². The van der Waals surface area contributed by atoms with Crippen molar-refractivity contribution in [2.45, 2.75) is 55.4 Å². The smallest absolute Gasteiger partial charge is 0.312 e. The molecule has 5 rings (SSSR count). The predicted molar refractivity (Wildman–Crippen MR) is 140 cm³/mol. The van der Waals surface area contributed by atoms with Crippen LogP contribution in [0, 0.1) is 11.8 Å². The molecule has 3 aliphatic rings. The number of nitrogens with zero attached hydrogens (tertiary/aromatic N) is 5. The Hall–Kier alpha value is -2.83. The average Bonchev–Trinajstić information content (AvgIpc) is 3.61. The molecule has 3 saturated heterocycles. The number of fused-ring (bicyclic) bond motifs is 2. The Labute approximate surface area is 228 Å². The van der Waals surface area contributed by atoms with Gasteiger partial charge in [0.1, 0.15) is 23.8 Å². The minimum atomic E-state index is -1.17. The van der Waals surface area contributed by atoms with E-state index in [-0.39, 0.29) is 49.6 Å². The second kappa shape index (κ2) is 10.7. The van der Waals surface area contributed by atoms with Crippen LogP contribution in [0.4, 0.5) is 0 Å². The summed E-state index contributed by atoms with van der Waals surface area (Å²) in [6, 6.07) is 6.52. The number of aromatic nitrogens is 3. The van der Waals surface area contributed by atoms with E-state index in [9.17, 15) is 19.5 Å². The van der Waals surface area contributed by atoms with Gasteiger partial charge in [0, 0.05) is 24.5 Å². The molecule has 11 nitrogen and oxygen atoms in total. The molecule has 0 radical (unpaired) electrons. The molecule has 38 heavy (non-hydrogen) atoms. The summed E-state index contributed by atoms with van der Waals surface area (Å²) in [5, 5.41) is 17.8. The van der Waals surface area contributed by atoms with Crippen molar-refractivity contribution >= 4 is 44.7 Å². The third-order valence-electron chi connectivity index (χ3n) is 7.78. The van der Waals surface area contributed by atoms with Crippen molar-refractivity contribution < 1.29 is 29.0 Å². The SMILES string of the molecule is C=CCN(Cn1nnc2ccccc21)C(=O)C1N(CCCCO)C(=O)[C@@H]2[C@H](C(=O)OCC)[C@H]3OC12CC3Br. The van der Waals surface area contributed by atoms with E-state index in [4.69, 9.17) is 9.47 Å². The van der Waals surface area contributed by atoms with Crippen molar-refractivity contribution in [1.82, 2.24) is 24.8 Å². The zero-order chi connectivity index (χ0) is 27.0. The molecule has 4 heterocycles. The quantitative estimate of drug-likeness (QED) is 0.181. The number of amides is 2. The molecular formula is C26H32BrN5O6. The van der Waals surface area contributed by atoms with E-state index in [0.29, 0.717) is 24.8 Å². The molecule has 2 aromatic rings. The zero-order valence-electron chi connectivity index (χ0n) is 21.2. The average molecular weight is 590 g/mol. The Kier molecular flexibility index (Phi) is 7.56. The fourth-order valence-electron chi connectivity index (χ4n) is 6.28. The van der Waals surface area contributed by atoms with Crippen LogP contribution in [0.3, 0.4) is 0 Å². The summed E-state index contributed by atoms with van der Waals surface area (Å²) in [6.07, 6.45) is 2.46. The van der Waals surface area contributed by atoms with Crippen molar-refractivity contribution in [3.63, 3.8) is 0 Å². The first-order valence-electron chi connectivity index (χ1n) is 13.0. The molecule has 12 heteroatoms. The molecule has 0 aliphatic carbocycles. The molecular weight excluding hydrogens is 558 g/mol. The molecule has 3 unspecified atom stereocenters. The first-order valence-corrected chi connectivity index (χ1v) is 13.9. The Morgan fingerprint density at radius 1 is 1.37 bits per heavy atom. The van der Waals surface area contributed by atoms with E-state index in [1.54, 1.807) is 27.5 Å². The summed E-state index contributed by atoms with van der Waals surface area (Å²) in [4.78, 5) is 44.3. The van der Waals surface area contributed by atoms with Crippen LogP contribution >= 0.6 is 15.9 Å². The van der Waals surface area contributed by atoms with Crippen LogP contribution in [0.25, 0.3) is 11.0 Å². The maximum Gasteiger partial charge on any atom is 0.312 e. The lowest BCUT2D eigenvalue weighted by molar-refractivity contribution is -0.155. The van der Waals surface area contributed by atoms with Crippen LogP contribution in [0.5, 0.6) is 0 Å². The molecule has 204 valence electrons. The number of rotatable bonds is 11. The third kappa shape index (κ3) is 4.22. The van der Waals surface area contributed by atoms with Gasteiger partial charge in [-0.3, -0.25) is 14.4 Å². The number of carbonyl (C=O) groups is 3. The van der Waals surface area contributed by atoms with Gasteiger partial charge in [-0.25, -0.2) is 4.68 Å². The van der Waals surface area contributed by atoms with Crippen molar-refractivity contribution in [1.29, 1.82) is 0 Å². The molecule has 1 aromatic carbocycles. The number of esters is 1. The van der Waals surface area contributed by atoms with Gasteiger partial charge in [-0.1, -0.05) is 39.4 Å². The van der Waals surface area contributed by atoms with E-state index in [2.05, 4.69) is 32.8 Å². The fourth-order valence-corrected chi connectivity index (χ4v) is 7.22. The van der Waals surface area contributed by atoms with E-state index >= 15 is 0 Å². The van der Waals surface area contributed by atoms with Gasteiger partial charge in [0.05, 0.1) is 30.1 Å². The number of aliphatic hydroxyl groups is 1. The van der Waals surface area contributed by atoms with Crippen molar-refractivity contribution in [3.05, 3.63) is 36.9 Å². The number of alkyl halides is 1. The lowest BCUT2D eigenvalue weighted by Gasteiger charge is -2.37. The van der Waals surface area contributed by atoms with Gasteiger partial charge in [0.25, 0.3) is 0 Å². The molecule has 0 saturated carbocycles. The number of hydrogen-bond acceptors (Lipinski definition) is 8. The van der Waals surface area contributed by atoms with Crippen LogP contribution in [0.15, 0.2) is 36.9 Å². The first-order chi connectivity index (χ1) is 18.4. The number of carbonyl (C=O) groups excluding carboxylic acids is 3. The standard InChI is InChI=1S/C26H32BrN5O6/c1-3-11-30(15-32-18-10-6-5-9-17(18)28-29-32)24(35)22-26-14-16(27)21(38-26)19(25(36)37-4-2)20(26)23(34)31(22)12-7-8-13-33/h3,5-6,9-10,16,19-22,33H,1,4,7-8,11-15H2,2H3/t16?,19-,20-,21-,22?,26?/m0/s1. The van der Waals surface area contributed by atoms with Crippen LogP contribution in [0.2, 0.25) is 0 Å². The Morgan fingerprint density at radius 3 is 2.89 bits per heavy atom. The summed E-state index contributed by atoms with van der Waals surface area (Å²) in [6.45, 7) is 6.29. The zero-order valence-corrected chi connectivity index (χ0v) is 22.8. The minimum absolute atomic E-state index is 0.0231. The lowest BCUT2D eigenvalue weighted by Crippen LogP contribution is -2.57. The summed E-state index contributed by atoms with van der Waals surface area (Å²) in [5.74, 6) is -2.70. The van der Waals surface area contributed by atoms with Crippen molar-refractivity contribution in [2.24, 2.45) is 11.8 Å². The highest BCUT2D eigenvalue weighted by Gasteiger charge is 2.77. The molecule has 6 atom stereocenters. The highest BCUT2D eigenvalue weighted by molar-refractivity contribution is 9.09. The largest absolute Gasteiger partial charge is 0.466 e. The Balaban J connectivity index is 1.52. The van der Waals surface area contributed by atoms with Crippen LogP contribution < -0.4 is 0 Å². The molecule has 1 N–H and O–H groups in total. The molecule has 2 bridgehead atoms. The summed E-state index contributed by atoms with van der Waals surface area (Å²) >= 11 is 3.65. The van der Waals surface area contributed by atoms with E-state index < -0.39 is 35.6 Å². The second-order valence-corrected chi connectivity index (χ2v) is 11.1.